The van der Waals surface area contributed by atoms with Crippen LogP contribution >= 0.6 is 0 Å². The van der Waals surface area contributed by atoms with Crippen molar-refractivity contribution in [3.05, 3.63) is 35.4 Å². The highest BCUT2D eigenvalue weighted by Gasteiger charge is 2.50. The molecule has 0 N–H and O–H groups in total. The maximum absolute atomic E-state index is 13.0. The predicted octanol–water partition coefficient (Wildman–Crippen LogP) is 4.22. The Morgan fingerprint density at radius 3 is 1.81 bits per heavy atom. The summed E-state index contributed by atoms with van der Waals surface area (Å²) in [6, 6.07) is 6.82. The zero-order chi connectivity index (χ0) is 19.9. The van der Waals surface area contributed by atoms with E-state index >= 15 is 0 Å². The zero-order valence-corrected chi connectivity index (χ0v) is 16.6. The van der Waals surface area contributed by atoms with E-state index in [-0.39, 0.29) is 24.9 Å². The molecule has 0 atom stereocenters. The third-order valence-corrected chi connectivity index (χ3v) is 4.81. The van der Waals surface area contributed by atoms with Crippen molar-refractivity contribution in [1.29, 1.82) is 0 Å². The third-order valence-electron chi connectivity index (χ3n) is 4.81. The summed E-state index contributed by atoms with van der Waals surface area (Å²) in [6.07, 6.45) is 4.14. The molecule has 0 bridgehead atoms. The molecule has 0 unspecified atom stereocenters. The van der Waals surface area contributed by atoms with Gasteiger partial charge in [0.05, 0.1) is 13.2 Å². The standard InChI is InChI=1S/C22H30O5/c1-4-13-22(20(24)26-14-5-2,21(25)27-15-6-3)18-11-9-17(10-12-18)19(23)16-7-8-16/h9-12,16H,4-8,13-15H2,1-3H3. The smallest absolute Gasteiger partial charge is 0.328 e. The van der Waals surface area contributed by atoms with E-state index in [9.17, 15) is 14.4 Å². The Bertz CT molecular complexity index is 638. The normalized spacial score (nSPS) is 13.9. The molecule has 1 aromatic rings. The van der Waals surface area contributed by atoms with E-state index in [0.29, 0.717) is 36.8 Å². The van der Waals surface area contributed by atoms with Gasteiger partial charge in [-0.2, -0.15) is 0 Å². The van der Waals surface area contributed by atoms with Gasteiger partial charge in [0.1, 0.15) is 0 Å². The molecule has 5 nitrogen and oxygen atoms in total. The quantitative estimate of drug-likeness (QED) is 0.329. The Balaban J connectivity index is 2.40. The minimum Gasteiger partial charge on any atom is -0.465 e. The molecular formula is C22H30O5. The summed E-state index contributed by atoms with van der Waals surface area (Å²) < 4.78 is 10.8. The highest BCUT2D eigenvalue weighted by Crippen LogP contribution is 2.36. The molecule has 27 heavy (non-hydrogen) atoms. The van der Waals surface area contributed by atoms with Gasteiger partial charge in [0, 0.05) is 11.5 Å². The van der Waals surface area contributed by atoms with Crippen LogP contribution in [0.25, 0.3) is 0 Å². The van der Waals surface area contributed by atoms with E-state index < -0.39 is 17.4 Å². The molecule has 1 saturated carbocycles. The molecule has 2 rings (SSSR count). The predicted molar refractivity (Wildman–Crippen MR) is 103 cm³/mol. The highest BCUT2D eigenvalue weighted by molar-refractivity contribution is 6.06. The van der Waals surface area contributed by atoms with E-state index in [2.05, 4.69) is 0 Å². The number of hydrogen-bond acceptors (Lipinski definition) is 5. The number of ketones is 1. The maximum Gasteiger partial charge on any atom is 0.328 e. The molecule has 0 aromatic heterocycles. The van der Waals surface area contributed by atoms with Crippen LogP contribution in [-0.4, -0.2) is 30.9 Å². The summed E-state index contributed by atoms with van der Waals surface area (Å²) in [7, 11) is 0. The summed E-state index contributed by atoms with van der Waals surface area (Å²) in [4.78, 5) is 38.2. The number of hydrogen-bond donors (Lipinski definition) is 0. The van der Waals surface area contributed by atoms with Gasteiger partial charge in [-0.05, 0) is 37.7 Å². The average molecular weight is 374 g/mol. The largest absolute Gasteiger partial charge is 0.465 e. The molecule has 0 spiro atoms. The second kappa shape index (κ2) is 9.67. The molecule has 148 valence electrons. The lowest BCUT2D eigenvalue weighted by molar-refractivity contribution is -0.166. The molecule has 0 heterocycles. The molecule has 0 radical (unpaired) electrons. The van der Waals surface area contributed by atoms with Crippen molar-refractivity contribution in [3.63, 3.8) is 0 Å². The van der Waals surface area contributed by atoms with Crippen LogP contribution < -0.4 is 0 Å². The van der Waals surface area contributed by atoms with Gasteiger partial charge in [0.2, 0.25) is 0 Å². The van der Waals surface area contributed by atoms with Crippen LogP contribution in [0.2, 0.25) is 0 Å². The molecule has 1 aliphatic carbocycles. The first-order valence-electron chi connectivity index (χ1n) is 10.00. The fourth-order valence-electron chi connectivity index (χ4n) is 3.18. The van der Waals surface area contributed by atoms with Crippen LogP contribution in [0.15, 0.2) is 24.3 Å². The Labute approximate surface area is 161 Å². The van der Waals surface area contributed by atoms with Crippen LogP contribution in [0.3, 0.4) is 0 Å². The van der Waals surface area contributed by atoms with Crippen molar-refractivity contribution in [3.8, 4) is 0 Å². The highest BCUT2D eigenvalue weighted by atomic mass is 16.6. The summed E-state index contributed by atoms with van der Waals surface area (Å²) in [5.41, 5.74) is -0.338. The number of carbonyl (C=O) groups excluding carboxylic acids is 3. The topological polar surface area (TPSA) is 69.7 Å². The van der Waals surface area contributed by atoms with E-state index in [0.717, 1.165) is 12.8 Å². The fraction of sp³-hybridized carbons (Fsp3) is 0.591. The third kappa shape index (κ3) is 4.76. The average Bonchev–Trinajstić information content (AvgIpc) is 3.53. The number of carbonyl (C=O) groups is 3. The van der Waals surface area contributed by atoms with Crippen LogP contribution in [0.4, 0.5) is 0 Å². The fourth-order valence-corrected chi connectivity index (χ4v) is 3.18. The SMILES string of the molecule is CCCOC(=O)C(CCC)(C(=O)OCCC)c1ccc(C(=O)C2CC2)cc1. The van der Waals surface area contributed by atoms with Gasteiger partial charge in [0.25, 0.3) is 0 Å². The van der Waals surface area contributed by atoms with Gasteiger partial charge in [0.15, 0.2) is 11.2 Å². The van der Waals surface area contributed by atoms with Crippen molar-refractivity contribution < 1.29 is 23.9 Å². The molecular weight excluding hydrogens is 344 g/mol. The van der Waals surface area contributed by atoms with Crippen molar-refractivity contribution in [2.24, 2.45) is 5.92 Å². The van der Waals surface area contributed by atoms with Gasteiger partial charge in [-0.3, -0.25) is 14.4 Å². The molecule has 1 aromatic carbocycles. The lowest BCUT2D eigenvalue weighted by atomic mass is 9.76. The first-order chi connectivity index (χ1) is 13.0. The van der Waals surface area contributed by atoms with Gasteiger partial charge in [-0.15, -0.1) is 0 Å². The van der Waals surface area contributed by atoms with E-state index in [1.165, 1.54) is 0 Å². The van der Waals surface area contributed by atoms with Gasteiger partial charge < -0.3 is 9.47 Å². The minimum absolute atomic E-state index is 0.125. The Hall–Kier alpha value is -2.17. The van der Waals surface area contributed by atoms with Gasteiger partial charge in [-0.25, -0.2) is 0 Å². The van der Waals surface area contributed by atoms with E-state index in [1.54, 1.807) is 24.3 Å². The van der Waals surface area contributed by atoms with Gasteiger partial charge in [-0.1, -0.05) is 51.5 Å². The Kier molecular flexibility index (Phi) is 7.57. The first-order valence-corrected chi connectivity index (χ1v) is 10.00. The Morgan fingerprint density at radius 1 is 0.889 bits per heavy atom. The van der Waals surface area contributed by atoms with Crippen LogP contribution in [0.1, 0.15) is 75.2 Å². The van der Waals surface area contributed by atoms with Crippen molar-refractivity contribution in [2.75, 3.05) is 13.2 Å². The molecule has 1 fully saturated rings. The Morgan fingerprint density at radius 2 is 1.41 bits per heavy atom. The summed E-state index contributed by atoms with van der Waals surface area (Å²) in [5.74, 6) is -0.896. The maximum atomic E-state index is 13.0. The summed E-state index contributed by atoms with van der Waals surface area (Å²) in [5, 5.41) is 0. The summed E-state index contributed by atoms with van der Waals surface area (Å²) >= 11 is 0. The lowest BCUT2D eigenvalue weighted by Gasteiger charge is -2.29. The first kappa shape index (κ1) is 21.1. The second-order valence-corrected chi connectivity index (χ2v) is 7.14. The molecule has 0 aliphatic heterocycles. The number of esters is 2. The number of rotatable bonds is 11. The molecule has 5 heteroatoms. The monoisotopic (exact) mass is 374 g/mol. The summed E-state index contributed by atoms with van der Waals surface area (Å²) in [6.45, 7) is 6.23. The number of benzene rings is 1. The van der Waals surface area contributed by atoms with E-state index in [1.807, 2.05) is 20.8 Å². The molecule has 1 aliphatic rings. The molecule has 0 amide bonds. The minimum atomic E-state index is -1.49. The number of ether oxygens (including phenoxy) is 2. The van der Waals surface area contributed by atoms with E-state index in [4.69, 9.17) is 9.47 Å². The molecule has 0 saturated heterocycles. The lowest BCUT2D eigenvalue weighted by Crippen LogP contribution is -2.46. The second-order valence-electron chi connectivity index (χ2n) is 7.14. The van der Waals surface area contributed by atoms with Gasteiger partial charge >= 0.3 is 11.9 Å². The van der Waals surface area contributed by atoms with Crippen LogP contribution in [0.5, 0.6) is 0 Å². The van der Waals surface area contributed by atoms with Crippen LogP contribution in [0, 0.1) is 5.92 Å². The van der Waals surface area contributed by atoms with Crippen molar-refractivity contribution in [2.45, 2.75) is 64.7 Å². The zero-order valence-electron chi connectivity index (χ0n) is 16.6. The number of Topliss-reactive ketones (excluding diaryl/α,β-unsaturated/α-hetero) is 1. The van der Waals surface area contributed by atoms with Crippen molar-refractivity contribution >= 4 is 17.7 Å². The van der Waals surface area contributed by atoms with Crippen molar-refractivity contribution in [1.82, 2.24) is 0 Å². The van der Waals surface area contributed by atoms with Crippen LogP contribution in [-0.2, 0) is 24.5 Å².